The van der Waals surface area contributed by atoms with Crippen molar-refractivity contribution in [3.63, 3.8) is 0 Å². The van der Waals surface area contributed by atoms with Crippen molar-refractivity contribution in [3.05, 3.63) is 122 Å². The molecule has 600 valence electrons. The molecule has 3 saturated heterocycles. The monoisotopic (exact) mass is 1500 g/mol. The van der Waals surface area contributed by atoms with Gasteiger partial charge >= 0.3 is 0 Å². The third-order valence-corrected chi connectivity index (χ3v) is 19.7. The maximum Gasteiger partial charge on any atom is 0.238 e. The van der Waals surface area contributed by atoms with Gasteiger partial charge in [-0.15, -0.1) is 15.3 Å². The van der Waals surface area contributed by atoms with Crippen LogP contribution in [0.3, 0.4) is 0 Å². The second-order valence-corrected chi connectivity index (χ2v) is 30.7. The van der Waals surface area contributed by atoms with E-state index in [0.29, 0.717) is 44.5 Å². The molecular formula is C80H124N6O21. The first-order valence-corrected chi connectivity index (χ1v) is 38.2. The summed E-state index contributed by atoms with van der Waals surface area (Å²) in [6.07, 6.45) is -6.24. The fourth-order valence-electron chi connectivity index (χ4n) is 12.9. The SMILES string of the molecule is CCCCCCCOc1ccc(Cc2c(O[C@@H]3O[C@H](CO)[C@@H](O)[C@H](O)[C@H]3O)n[nH]c2C(C)C)c(C)c1.CCCCOc1ccc(Cc2c(O[C@@H]3O[C@H](CO)[C@@H](O)[C@H](O)[C@H]3O)n[nH]c2C(C)C)c(C)c1.Cc1cc(OCCCCCC(C)(C)C)ccc1Cc1c(O[C@@H]2O[C@H](CO)[C@@H](O)[C@H](O)[C@H]2O)n[nH]c1C(C)C. The highest BCUT2D eigenvalue weighted by Crippen LogP contribution is 2.37. The Morgan fingerprint density at radius 3 is 0.953 bits per heavy atom. The lowest BCUT2D eigenvalue weighted by atomic mass is 9.89. The molecule has 3 aromatic carbocycles. The smallest absolute Gasteiger partial charge is 0.238 e. The van der Waals surface area contributed by atoms with Gasteiger partial charge in [0.2, 0.25) is 36.5 Å². The number of unbranched alkanes of at least 4 members (excludes halogenated alkanes) is 7. The van der Waals surface area contributed by atoms with E-state index in [4.69, 9.17) is 42.6 Å². The lowest BCUT2D eigenvalue weighted by Gasteiger charge is -2.39. The van der Waals surface area contributed by atoms with Gasteiger partial charge in [0.1, 0.15) is 90.5 Å². The minimum atomic E-state index is -1.52. The molecule has 27 heteroatoms. The van der Waals surface area contributed by atoms with E-state index in [1.807, 2.05) is 117 Å². The molecule has 27 nitrogen and oxygen atoms in total. The zero-order valence-electron chi connectivity index (χ0n) is 65.1. The Hall–Kier alpha value is -6.51. The molecule has 0 bridgehead atoms. The van der Waals surface area contributed by atoms with Crippen molar-refractivity contribution in [1.82, 2.24) is 30.6 Å². The van der Waals surface area contributed by atoms with Crippen molar-refractivity contribution in [3.8, 4) is 34.9 Å². The van der Waals surface area contributed by atoms with Crippen molar-refractivity contribution in [2.75, 3.05) is 39.6 Å². The van der Waals surface area contributed by atoms with Gasteiger partial charge < -0.3 is 104 Å². The van der Waals surface area contributed by atoms with Gasteiger partial charge in [0.15, 0.2) is 0 Å². The number of H-pyrrole nitrogens is 3. The molecule has 6 heterocycles. The average molecular weight is 1510 g/mol. The number of benzene rings is 3. The Morgan fingerprint density at radius 2 is 0.682 bits per heavy atom. The third-order valence-electron chi connectivity index (χ3n) is 19.7. The Morgan fingerprint density at radius 1 is 0.393 bits per heavy atom. The molecule has 3 aliphatic heterocycles. The maximum absolute atomic E-state index is 10.4. The first kappa shape index (κ1) is 87.7. The van der Waals surface area contributed by atoms with Gasteiger partial charge in [-0.05, 0) is 139 Å². The van der Waals surface area contributed by atoms with Crippen molar-refractivity contribution < 1.29 is 104 Å². The van der Waals surface area contributed by atoms with Gasteiger partial charge in [-0.3, -0.25) is 15.3 Å². The number of aromatic amines is 3. The van der Waals surface area contributed by atoms with Crippen LogP contribution in [0.25, 0.3) is 0 Å². The van der Waals surface area contributed by atoms with Gasteiger partial charge in [-0.25, -0.2) is 0 Å². The molecule has 0 spiro atoms. The van der Waals surface area contributed by atoms with Gasteiger partial charge in [0, 0.05) is 53.0 Å². The summed E-state index contributed by atoms with van der Waals surface area (Å²) < 4.78 is 51.9. The Balaban J connectivity index is 0.000000224. The fourth-order valence-corrected chi connectivity index (χ4v) is 12.9. The van der Waals surface area contributed by atoms with E-state index in [1.165, 1.54) is 38.5 Å². The van der Waals surface area contributed by atoms with Crippen molar-refractivity contribution >= 4 is 0 Å². The molecule has 0 amide bonds. The molecule has 6 aromatic rings. The molecule has 9 rings (SSSR count). The van der Waals surface area contributed by atoms with E-state index >= 15 is 0 Å². The third kappa shape index (κ3) is 24.5. The molecule has 0 saturated carbocycles. The number of nitrogens with zero attached hydrogens (tertiary/aromatic N) is 3. The minimum absolute atomic E-state index is 0.130. The first-order valence-electron chi connectivity index (χ1n) is 38.2. The van der Waals surface area contributed by atoms with Crippen LogP contribution in [0.1, 0.15) is 232 Å². The second kappa shape index (κ2) is 42.1. The van der Waals surface area contributed by atoms with E-state index in [1.54, 1.807) is 0 Å². The van der Waals surface area contributed by atoms with Gasteiger partial charge in [0.25, 0.3) is 0 Å². The summed E-state index contributed by atoms with van der Waals surface area (Å²) in [5.41, 5.74) is 11.9. The van der Waals surface area contributed by atoms with Crippen molar-refractivity contribution in [1.29, 1.82) is 0 Å². The number of aliphatic hydroxyl groups is 12. The molecule has 0 radical (unpaired) electrons. The average Bonchev–Trinajstić information content (AvgIpc) is 1.73. The summed E-state index contributed by atoms with van der Waals surface area (Å²) in [7, 11) is 0. The number of aryl methyl sites for hydroxylation is 3. The Bertz CT molecular complexity index is 3590. The standard InChI is InChI=1S/C29H46N2O7.C27H42N2O7.C24H36N2O7/c1-17(2)23-21(27(31-30-23)38-28-26(35)25(34)24(33)22(16-32)37-28)15-19-10-11-20(14-18(19)3)36-13-9-7-8-12-29(4,5)6;1-5-6-7-8-9-12-34-19-11-10-18(17(4)13-19)14-20-22(16(2)3)28-29-26(20)36-27-25(33)24(32)23(31)21(15-30)35-27;1-5-6-9-31-16-8-7-15(14(4)10-16)11-17-19(13(2)3)25-26-23(17)33-24-22(30)21(29)20(28)18(12-27)32-24/h10-11,14,17,22,24-26,28,32-35H,7-9,12-13,15-16H2,1-6H3,(H,30,31);10-11,13,16,21,23-25,27,30-33H,5-9,12,14-15H2,1-4H3,(H,28,29);7-8,10,13,18,20-22,24,27-30H,5-6,9,11-12H2,1-4H3,(H,25,26)/t22-,24-,25+,26-,28+;21-,23-,24+,25-,27+;18-,20-,21+,22-,24+/m111/s1. The molecule has 3 aromatic heterocycles. The number of nitrogens with one attached hydrogen (secondary N) is 3. The normalized spacial score (nSPS) is 24.6. The highest BCUT2D eigenvalue weighted by molar-refractivity contribution is 5.45. The maximum atomic E-state index is 10.4. The molecule has 3 aliphatic rings. The predicted octanol–water partition coefficient (Wildman–Crippen LogP) is 8.35. The van der Waals surface area contributed by atoms with Crippen LogP contribution < -0.4 is 28.4 Å². The largest absolute Gasteiger partial charge is 0.494 e. The topological polar surface area (TPSA) is 412 Å². The van der Waals surface area contributed by atoms with Crippen LogP contribution in [0.15, 0.2) is 54.6 Å². The molecule has 15 atom stereocenters. The number of aliphatic hydroxyl groups excluding tert-OH is 12. The van der Waals surface area contributed by atoms with Gasteiger partial charge in [-0.1, -0.05) is 139 Å². The molecule has 3 fully saturated rings. The van der Waals surface area contributed by atoms with Crippen LogP contribution >= 0.6 is 0 Å². The molecule has 107 heavy (non-hydrogen) atoms. The van der Waals surface area contributed by atoms with Crippen LogP contribution in [0.5, 0.6) is 34.9 Å². The molecule has 15 N–H and O–H groups in total. The lowest BCUT2D eigenvalue weighted by Crippen LogP contribution is -2.60. The van der Waals surface area contributed by atoms with Crippen LogP contribution in [0.4, 0.5) is 0 Å². The predicted molar refractivity (Wildman–Crippen MR) is 401 cm³/mol. The van der Waals surface area contributed by atoms with Gasteiger partial charge in [0.05, 0.1) is 39.6 Å². The summed E-state index contributed by atoms with van der Waals surface area (Å²) in [4.78, 5) is 0. The Labute approximate surface area is 630 Å². The fraction of sp³-hybridized carbons (Fsp3) is 0.662. The second-order valence-electron chi connectivity index (χ2n) is 30.7. The summed E-state index contributed by atoms with van der Waals surface area (Å²) in [6, 6.07) is 18.1. The van der Waals surface area contributed by atoms with Crippen LogP contribution in [-0.2, 0) is 33.5 Å². The Kier molecular flexibility index (Phi) is 34.5. The number of hydrogen-bond donors (Lipinski definition) is 15. The van der Waals surface area contributed by atoms with E-state index in [-0.39, 0.29) is 35.4 Å². The van der Waals surface area contributed by atoms with Gasteiger partial charge in [-0.2, -0.15) is 0 Å². The number of hydrogen-bond acceptors (Lipinski definition) is 24. The quantitative estimate of drug-likeness (QED) is 0.0166. The van der Waals surface area contributed by atoms with Crippen LogP contribution in [0.2, 0.25) is 0 Å². The molecule has 0 unspecified atom stereocenters. The summed E-state index contributed by atoms with van der Waals surface area (Å²) in [6.45, 7) is 30.0. The first-order chi connectivity index (χ1) is 50.9. The van der Waals surface area contributed by atoms with Crippen LogP contribution in [0, 0.1) is 26.2 Å². The van der Waals surface area contributed by atoms with E-state index in [2.05, 4.69) is 65.2 Å². The summed E-state index contributed by atoms with van der Waals surface area (Å²) in [5, 5.41) is 142. The highest BCUT2D eigenvalue weighted by Gasteiger charge is 2.48. The van der Waals surface area contributed by atoms with Crippen molar-refractivity contribution in [2.45, 2.75) is 297 Å². The molecule has 0 aliphatic carbocycles. The highest BCUT2D eigenvalue weighted by atomic mass is 16.7. The zero-order valence-corrected chi connectivity index (χ0v) is 65.1. The van der Waals surface area contributed by atoms with E-state index < -0.39 is 112 Å². The van der Waals surface area contributed by atoms with E-state index in [9.17, 15) is 61.3 Å². The number of aromatic nitrogens is 6. The van der Waals surface area contributed by atoms with Crippen molar-refractivity contribution in [2.24, 2.45) is 5.41 Å². The number of rotatable bonds is 35. The minimum Gasteiger partial charge on any atom is -0.494 e. The number of ether oxygens (including phenoxy) is 9. The zero-order chi connectivity index (χ0) is 78.4. The lowest BCUT2D eigenvalue weighted by molar-refractivity contribution is -0.278. The summed E-state index contributed by atoms with van der Waals surface area (Å²) >= 11 is 0. The summed E-state index contributed by atoms with van der Waals surface area (Å²) in [5.74, 6) is 3.65. The van der Waals surface area contributed by atoms with E-state index in [0.717, 1.165) is 117 Å². The van der Waals surface area contributed by atoms with Crippen LogP contribution in [-0.4, -0.2) is 224 Å². The molecular weight excluding hydrogens is 1380 g/mol.